The molecule has 100 valence electrons. The van der Waals surface area contributed by atoms with Gasteiger partial charge in [0.1, 0.15) is 7.05 Å². The molecule has 2 aromatic rings. The molecule has 0 aliphatic carbocycles. The van der Waals surface area contributed by atoms with Gasteiger partial charge in [-0.25, -0.2) is 4.57 Å². The maximum atomic E-state index is 3.11. The number of hydrogen-bond acceptors (Lipinski definition) is 1. The minimum Gasteiger partial charge on any atom is -0.388 e. The van der Waals surface area contributed by atoms with E-state index in [0.717, 1.165) is 5.69 Å². The van der Waals surface area contributed by atoms with Crippen LogP contribution in [-0.2, 0) is 7.05 Å². The van der Waals surface area contributed by atoms with Crippen LogP contribution in [0.5, 0.6) is 0 Å². The lowest BCUT2D eigenvalue weighted by Crippen LogP contribution is -2.30. The second-order valence-electron chi connectivity index (χ2n) is 3.94. The lowest BCUT2D eigenvalue weighted by atomic mass is 10.2. The molecule has 1 aromatic heterocycles. The fourth-order valence-corrected chi connectivity index (χ4v) is 1.65. The molecule has 0 amide bonds. The highest BCUT2D eigenvalue weighted by Gasteiger charge is 1.98. The summed E-state index contributed by atoms with van der Waals surface area (Å²) < 4.78 is 2.10. The summed E-state index contributed by atoms with van der Waals surface area (Å²) in [6.45, 7) is 4.00. The Kier molecular flexibility index (Phi) is 6.37. The van der Waals surface area contributed by atoms with Gasteiger partial charge in [0.05, 0.1) is 0 Å². The first-order valence-corrected chi connectivity index (χ1v) is 6.70. The van der Waals surface area contributed by atoms with Crippen molar-refractivity contribution in [3.63, 3.8) is 0 Å². The molecule has 0 bridgehead atoms. The molecule has 2 nitrogen and oxygen atoms in total. The fraction of sp³-hybridized carbons (Fsp3) is 0.235. The third kappa shape index (κ3) is 4.59. The Morgan fingerprint density at radius 3 is 2.21 bits per heavy atom. The first-order chi connectivity index (χ1) is 9.29. The SMILES string of the molecule is CC.CNc1ccc(/C=C/c2cccc[n+]2C)cc1. The van der Waals surface area contributed by atoms with Gasteiger partial charge in [-0.2, -0.15) is 0 Å². The van der Waals surface area contributed by atoms with E-state index in [9.17, 15) is 0 Å². The van der Waals surface area contributed by atoms with Crippen molar-refractivity contribution >= 4 is 17.8 Å². The number of rotatable bonds is 3. The van der Waals surface area contributed by atoms with Crippen LogP contribution in [0.15, 0.2) is 48.7 Å². The van der Waals surface area contributed by atoms with Crippen LogP contribution in [0.4, 0.5) is 5.69 Å². The Labute approximate surface area is 116 Å². The van der Waals surface area contributed by atoms with Crippen molar-refractivity contribution in [1.82, 2.24) is 0 Å². The van der Waals surface area contributed by atoms with Gasteiger partial charge in [-0.3, -0.25) is 0 Å². The molecule has 0 unspecified atom stereocenters. The molecule has 1 N–H and O–H groups in total. The Balaban J connectivity index is 0.000000861. The van der Waals surface area contributed by atoms with Crippen LogP contribution in [0.3, 0.4) is 0 Å². The summed E-state index contributed by atoms with van der Waals surface area (Å²) in [6, 6.07) is 14.5. The topological polar surface area (TPSA) is 15.9 Å². The van der Waals surface area contributed by atoms with Crippen LogP contribution < -0.4 is 9.88 Å². The zero-order valence-electron chi connectivity index (χ0n) is 12.2. The monoisotopic (exact) mass is 255 g/mol. The second-order valence-corrected chi connectivity index (χ2v) is 3.94. The van der Waals surface area contributed by atoms with E-state index in [4.69, 9.17) is 0 Å². The first kappa shape index (κ1) is 15.0. The summed E-state index contributed by atoms with van der Waals surface area (Å²) in [5, 5.41) is 3.11. The molecule has 2 heteroatoms. The van der Waals surface area contributed by atoms with Gasteiger partial charge in [-0.1, -0.05) is 26.0 Å². The van der Waals surface area contributed by atoms with Crippen molar-refractivity contribution in [1.29, 1.82) is 0 Å². The molecule has 0 spiro atoms. The summed E-state index contributed by atoms with van der Waals surface area (Å²) >= 11 is 0. The van der Waals surface area contributed by atoms with Crippen molar-refractivity contribution in [2.45, 2.75) is 13.8 Å². The van der Waals surface area contributed by atoms with Gasteiger partial charge in [0, 0.05) is 30.9 Å². The molecular formula is C17H23N2+. The van der Waals surface area contributed by atoms with Gasteiger partial charge in [-0.15, -0.1) is 0 Å². The molecule has 0 aliphatic heterocycles. The Morgan fingerprint density at radius 1 is 0.947 bits per heavy atom. The maximum Gasteiger partial charge on any atom is 0.204 e. The molecule has 0 fully saturated rings. The zero-order valence-corrected chi connectivity index (χ0v) is 12.2. The predicted molar refractivity (Wildman–Crippen MR) is 83.9 cm³/mol. The van der Waals surface area contributed by atoms with Crippen LogP contribution in [0.2, 0.25) is 0 Å². The maximum absolute atomic E-state index is 3.11. The molecule has 1 heterocycles. The Morgan fingerprint density at radius 2 is 1.63 bits per heavy atom. The number of nitrogens with zero attached hydrogens (tertiary/aromatic N) is 1. The van der Waals surface area contributed by atoms with E-state index in [1.165, 1.54) is 11.3 Å². The van der Waals surface area contributed by atoms with Crippen molar-refractivity contribution in [3.05, 3.63) is 59.9 Å². The van der Waals surface area contributed by atoms with E-state index in [0.29, 0.717) is 0 Å². The van der Waals surface area contributed by atoms with Crippen molar-refractivity contribution < 1.29 is 4.57 Å². The largest absolute Gasteiger partial charge is 0.388 e. The van der Waals surface area contributed by atoms with E-state index in [2.05, 4.69) is 52.4 Å². The normalized spacial score (nSPS) is 9.89. The highest BCUT2D eigenvalue weighted by atomic mass is 14.9. The number of aryl methyl sites for hydroxylation is 1. The zero-order chi connectivity index (χ0) is 14.1. The van der Waals surface area contributed by atoms with E-state index in [1.807, 2.05) is 46.3 Å². The molecule has 2 rings (SSSR count). The molecule has 0 radical (unpaired) electrons. The summed E-state index contributed by atoms with van der Waals surface area (Å²) in [4.78, 5) is 0. The van der Waals surface area contributed by atoms with E-state index >= 15 is 0 Å². The van der Waals surface area contributed by atoms with Crippen LogP contribution in [0.25, 0.3) is 12.2 Å². The van der Waals surface area contributed by atoms with Gasteiger partial charge in [0.2, 0.25) is 5.69 Å². The fourth-order valence-electron chi connectivity index (χ4n) is 1.65. The summed E-state index contributed by atoms with van der Waals surface area (Å²) in [7, 11) is 3.97. The molecule has 0 saturated heterocycles. The highest BCUT2D eigenvalue weighted by molar-refractivity contribution is 5.67. The number of hydrogen-bond donors (Lipinski definition) is 1. The molecule has 0 aliphatic rings. The van der Waals surface area contributed by atoms with Crippen LogP contribution in [-0.4, -0.2) is 7.05 Å². The summed E-state index contributed by atoms with van der Waals surface area (Å²) in [5.41, 5.74) is 3.52. The van der Waals surface area contributed by atoms with Gasteiger partial charge < -0.3 is 5.32 Å². The standard InChI is InChI=1S/C15H16N2.C2H6/c1-16-14-9-6-13(7-10-14)8-11-15-5-3-4-12-17(15)2;1-2/h3-12H,1-2H3;1-2H3/p+1. The molecule has 0 saturated carbocycles. The van der Waals surface area contributed by atoms with Gasteiger partial charge in [0.25, 0.3) is 0 Å². The minimum atomic E-state index is 1.13. The van der Waals surface area contributed by atoms with Gasteiger partial charge in [0.15, 0.2) is 6.20 Å². The van der Waals surface area contributed by atoms with Crippen molar-refractivity contribution in [2.75, 3.05) is 12.4 Å². The Bertz CT molecular complexity index is 513. The Hall–Kier alpha value is -2.09. The van der Waals surface area contributed by atoms with E-state index in [1.54, 1.807) is 0 Å². The molecule has 19 heavy (non-hydrogen) atoms. The van der Waals surface area contributed by atoms with Crippen molar-refractivity contribution in [3.8, 4) is 0 Å². The number of anilines is 1. The van der Waals surface area contributed by atoms with Crippen LogP contribution in [0, 0.1) is 0 Å². The number of benzene rings is 1. The lowest BCUT2D eigenvalue weighted by Gasteiger charge is -1.99. The summed E-state index contributed by atoms with van der Waals surface area (Å²) in [6.07, 6.45) is 6.28. The number of pyridine rings is 1. The molecule has 1 aromatic carbocycles. The van der Waals surface area contributed by atoms with Gasteiger partial charge in [-0.05, 0) is 29.8 Å². The van der Waals surface area contributed by atoms with E-state index < -0.39 is 0 Å². The highest BCUT2D eigenvalue weighted by Crippen LogP contribution is 2.10. The predicted octanol–water partition coefficient (Wildman–Crippen LogP) is 3.75. The average molecular weight is 255 g/mol. The summed E-state index contributed by atoms with van der Waals surface area (Å²) in [5.74, 6) is 0. The molecule has 0 atom stereocenters. The third-order valence-corrected chi connectivity index (χ3v) is 2.74. The second kappa shape index (κ2) is 8.09. The number of nitrogens with one attached hydrogen (secondary N) is 1. The van der Waals surface area contributed by atoms with Crippen LogP contribution in [0.1, 0.15) is 25.1 Å². The van der Waals surface area contributed by atoms with E-state index in [-0.39, 0.29) is 0 Å². The van der Waals surface area contributed by atoms with Gasteiger partial charge >= 0.3 is 0 Å². The lowest BCUT2D eigenvalue weighted by molar-refractivity contribution is -0.673. The quantitative estimate of drug-likeness (QED) is 0.826. The van der Waals surface area contributed by atoms with Crippen LogP contribution >= 0.6 is 0 Å². The third-order valence-electron chi connectivity index (χ3n) is 2.74. The first-order valence-electron chi connectivity index (χ1n) is 6.70. The number of aromatic nitrogens is 1. The van der Waals surface area contributed by atoms with Crippen molar-refractivity contribution in [2.24, 2.45) is 7.05 Å². The average Bonchev–Trinajstić information content (AvgIpc) is 2.49. The smallest absolute Gasteiger partial charge is 0.204 e. The molecular weight excluding hydrogens is 232 g/mol. The minimum absolute atomic E-state index is 1.13.